The van der Waals surface area contributed by atoms with E-state index in [4.69, 9.17) is 0 Å². The summed E-state index contributed by atoms with van der Waals surface area (Å²) in [6, 6.07) is 19.1. The van der Waals surface area contributed by atoms with Crippen LogP contribution in [0.5, 0.6) is 0 Å². The fraction of sp³-hybridized carbons (Fsp3) is 0.688. The van der Waals surface area contributed by atoms with Crippen molar-refractivity contribution in [1.29, 1.82) is 0 Å². The molecule has 0 radical (unpaired) electrons. The summed E-state index contributed by atoms with van der Waals surface area (Å²) >= 11 is 0. The molecule has 4 aromatic carbocycles. The Morgan fingerprint density at radius 1 is 0.301 bits per heavy atom. The maximum atomic E-state index is 11.8. The molecule has 0 aliphatic carbocycles. The Kier molecular flexibility index (Phi) is 38.5. The Hall–Kier alpha value is -1.52. The summed E-state index contributed by atoms with van der Waals surface area (Å²) in [4.78, 5) is -0.180. The molecule has 0 N–H and O–H groups in total. The van der Waals surface area contributed by atoms with Gasteiger partial charge in [-0.25, -0.2) is 16.8 Å². The van der Waals surface area contributed by atoms with Crippen LogP contribution in [0.1, 0.15) is 281 Å². The van der Waals surface area contributed by atoms with Crippen LogP contribution in [-0.4, -0.2) is 63.7 Å². The minimum absolute atomic E-state index is 0. The topological polar surface area (TPSA) is 114 Å². The van der Waals surface area contributed by atoms with Gasteiger partial charge in [0.05, 0.1) is 9.79 Å². The van der Waals surface area contributed by atoms with E-state index < -0.39 is 20.2 Å². The zero-order valence-electron chi connectivity index (χ0n) is 47.0. The van der Waals surface area contributed by atoms with E-state index in [2.05, 4.69) is 52.0 Å². The number of unbranched alkanes of at least 4 members (excludes halogenated alkanes) is 32. The minimum Gasteiger partial charge on any atom is -0.744 e. The molecule has 0 unspecified atom stereocenters. The summed E-state index contributed by atoms with van der Waals surface area (Å²) in [6.07, 6.45) is 50.3. The molecule has 0 amide bonds. The summed E-state index contributed by atoms with van der Waals surface area (Å²) in [5.41, 5.74) is 4.66. The number of hydrogen-bond donors (Lipinski definition) is 0. The Morgan fingerprint density at radius 3 is 0.781 bits per heavy atom. The fourth-order valence-electron chi connectivity index (χ4n) is 10.4. The predicted molar refractivity (Wildman–Crippen MR) is 313 cm³/mol. The van der Waals surface area contributed by atoms with E-state index >= 15 is 0 Å². The molecule has 0 fully saturated rings. The molecular weight excluding hydrogens is 969 g/mol. The van der Waals surface area contributed by atoms with Gasteiger partial charge in [0.15, 0.2) is 0 Å². The maximum Gasteiger partial charge on any atom is 2.00 e. The van der Waals surface area contributed by atoms with Crippen LogP contribution in [0.25, 0.3) is 21.5 Å². The van der Waals surface area contributed by atoms with Crippen molar-refractivity contribution >= 4 is 79.5 Å². The van der Waals surface area contributed by atoms with Gasteiger partial charge < -0.3 is 9.11 Å². The molecule has 0 saturated heterocycles. The van der Waals surface area contributed by atoms with E-state index in [0.717, 1.165) is 84.0 Å². The first-order chi connectivity index (χ1) is 34.9. The molecule has 73 heavy (non-hydrogen) atoms. The molecule has 408 valence electrons. The van der Waals surface area contributed by atoms with Crippen molar-refractivity contribution in [2.75, 3.05) is 0 Å². The van der Waals surface area contributed by atoms with E-state index in [9.17, 15) is 25.9 Å². The second-order valence-corrected chi connectivity index (χ2v) is 24.3. The summed E-state index contributed by atoms with van der Waals surface area (Å²) < 4.78 is 70.6. The molecule has 4 aromatic rings. The van der Waals surface area contributed by atoms with Gasteiger partial charge in [0.2, 0.25) is 0 Å². The molecule has 0 spiro atoms. The van der Waals surface area contributed by atoms with Crippen molar-refractivity contribution in [2.45, 2.75) is 294 Å². The van der Waals surface area contributed by atoms with Crippen LogP contribution in [0.4, 0.5) is 0 Å². The van der Waals surface area contributed by atoms with Gasteiger partial charge in [0.1, 0.15) is 20.2 Å². The van der Waals surface area contributed by atoms with Gasteiger partial charge in [-0.2, -0.15) is 0 Å². The van der Waals surface area contributed by atoms with Gasteiger partial charge in [0.25, 0.3) is 0 Å². The standard InChI is InChI=1S/2C32H52O3S.Ca/c2*1-3-5-7-9-11-13-15-17-19-21-28-23-24-30-27-31(36(33,34)35)26-29(32(30)25-28)22-20-18-16-14-12-10-8-6-4-2;/h2*23-27H,3-22H2,1-2H3,(H,33,34,35);/q;;+2/p-2. The number of aryl methyl sites for hydroxylation is 4. The fourth-order valence-corrected chi connectivity index (χ4v) is 11.6. The van der Waals surface area contributed by atoms with Crippen molar-refractivity contribution in [3.05, 3.63) is 82.9 Å². The molecule has 0 saturated carbocycles. The van der Waals surface area contributed by atoms with Gasteiger partial charge in [-0.05, 0) is 119 Å². The molecule has 0 aliphatic heterocycles. The monoisotopic (exact) mass is 1070 g/mol. The van der Waals surface area contributed by atoms with Crippen LogP contribution in [0.3, 0.4) is 0 Å². The van der Waals surface area contributed by atoms with Crippen molar-refractivity contribution in [3.8, 4) is 0 Å². The predicted octanol–water partition coefficient (Wildman–Crippen LogP) is 19.4. The molecule has 9 heteroatoms. The van der Waals surface area contributed by atoms with E-state index in [1.807, 2.05) is 12.1 Å². The van der Waals surface area contributed by atoms with Crippen LogP contribution in [-0.2, 0) is 45.9 Å². The van der Waals surface area contributed by atoms with Crippen molar-refractivity contribution in [2.24, 2.45) is 0 Å². The van der Waals surface area contributed by atoms with Crippen LogP contribution in [0.2, 0.25) is 0 Å². The summed E-state index contributed by atoms with van der Waals surface area (Å²) in [7, 11) is -8.92. The number of rotatable bonds is 42. The first-order valence-electron chi connectivity index (χ1n) is 29.9. The van der Waals surface area contributed by atoms with Crippen LogP contribution >= 0.6 is 0 Å². The minimum atomic E-state index is -4.46. The van der Waals surface area contributed by atoms with Crippen molar-refractivity contribution in [1.82, 2.24) is 0 Å². The molecule has 0 heterocycles. The van der Waals surface area contributed by atoms with Crippen LogP contribution in [0.15, 0.2) is 70.5 Å². The molecule has 0 aliphatic rings. The second kappa shape index (κ2) is 41.6. The van der Waals surface area contributed by atoms with E-state index in [1.165, 1.54) is 217 Å². The summed E-state index contributed by atoms with van der Waals surface area (Å²) in [6.45, 7) is 9.02. The molecular formula is C64H102CaO6S2. The van der Waals surface area contributed by atoms with Gasteiger partial charge in [0, 0.05) is 0 Å². The summed E-state index contributed by atoms with van der Waals surface area (Å²) in [5, 5.41) is 3.98. The zero-order chi connectivity index (χ0) is 52.1. The smallest absolute Gasteiger partial charge is 0.744 e. The van der Waals surface area contributed by atoms with Crippen LogP contribution < -0.4 is 0 Å². The van der Waals surface area contributed by atoms with Crippen molar-refractivity contribution in [3.63, 3.8) is 0 Å². The SMILES string of the molecule is CCCCCCCCCCCc1ccc2cc(S(=O)(=O)[O-])cc(CCCCCCCCCCC)c2c1.CCCCCCCCCCCc1ccc2cc(S(=O)(=O)[O-])cc(CCCCCCCCCCC)c2c1.[Ca+2]. The molecule has 0 atom stereocenters. The second-order valence-electron chi connectivity index (χ2n) is 21.5. The number of benzene rings is 4. The van der Waals surface area contributed by atoms with Gasteiger partial charge in [-0.15, -0.1) is 0 Å². The zero-order valence-corrected chi connectivity index (χ0v) is 50.9. The molecule has 0 bridgehead atoms. The van der Waals surface area contributed by atoms with Crippen molar-refractivity contribution < 1.29 is 25.9 Å². The summed E-state index contributed by atoms with van der Waals surface area (Å²) in [5.74, 6) is 0. The average molecular weight is 1070 g/mol. The molecule has 6 nitrogen and oxygen atoms in total. The normalized spacial score (nSPS) is 11.8. The van der Waals surface area contributed by atoms with Gasteiger partial charge >= 0.3 is 37.7 Å². The van der Waals surface area contributed by atoms with Gasteiger partial charge in [-0.3, -0.25) is 0 Å². The van der Waals surface area contributed by atoms with Gasteiger partial charge in [-0.1, -0.05) is 270 Å². The third kappa shape index (κ3) is 30.3. The van der Waals surface area contributed by atoms with E-state index in [0.29, 0.717) is 0 Å². The molecule has 4 rings (SSSR count). The Morgan fingerprint density at radius 2 is 0.534 bits per heavy atom. The number of hydrogen-bond acceptors (Lipinski definition) is 6. The van der Waals surface area contributed by atoms with E-state index in [1.54, 1.807) is 24.3 Å². The Bertz CT molecular complexity index is 2100. The molecule has 0 aromatic heterocycles. The Balaban J connectivity index is 0.000000493. The largest absolute Gasteiger partial charge is 2.00 e. The van der Waals surface area contributed by atoms with Crippen LogP contribution in [0, 0.1) is 0 Å². The third-order valence-corrected chi connectivity index (χ3v) is 16.6. The first kappa shape index (κ1) is 67.6. The van der Waals surface area contributed by atoms with E-state index in [-0.39, 0.29) is 47.5 Å². The Labute approximate surface area is 478 Å². The third-order valence-electron chi connectivity index (χ3n) is 15.0. The average Bonchev–Trinajstić information content (AvgIpc) is 3.36. The quantitative estimate of drug-likeness (QED) is 0.0248. The first-order valence-corrected chi connectivity index (χ1v) is 32.8. The number of fused-ring (bicyclic) bond motifs is 2. The maximum absolute atomic E-state index is 11.8.